The highest BCUT2D eigenvalue weighted by atomic mass is 32.2. The number of hydrogen-bond acceptors (Lipinski definition) is 6. The number of aryl methyl sites for hydroxylation is 1. The Labute approximate surface area is 205 Å². The van der Waals surface area contributed by atoms with Gasteiger partial charge in [0.1, 0.15) is 27.9 Å². The highest BCUT2D eigenvalue weighted by Crippen LogP contribution is 2.31. The quantitative estimate of drug-likeness (QED) is 0.346. The van der Waals surface area contributed by atoms with Gasteiger partial charge in [-0.2, -0.15) is 5.10 Å². The molecule has 0 bridgehead atoms. The summed E-state index contributed by atoms with van der Waals surface area (Å²) in [4.78, 5) is 0.0121. The molecule has 8 nitrogen and oxygen atoms in total. The number of para-hydroxylation sites is 1. The van der Waals surface area contributed by atoms with Crippen molar-refractivity contribution in [1.82, 2.24) is 9.78 Å². The summed E-state index contributed by atoms with van der Waals surface area (Å²) in [5.41, 5.74) is 2.65. The number of hydrogen-bond donors (Lipinski definition) is 1. The third-order valence-corrected chi connectivity index (χ3v) is 6.88. The zero-order valence-corrected chi connectivity index (χ0v) is 20.8. The van der Waals surface area contributed by atoms with Crippen LogP contribution in [0.15, 0.2) is 77.7 Å². The summed E-state index contributed by atoms with van der Waals surface area (Å²) in [7, 11) is -1.01. The van der Waals surface area contributed by atoms with Crippen LogP contribution in [0, 0.1) is 13.8 Å². The topological polar surface area (TPSA) is 91.7 Å². The molecule has 0 aliphatic heterocycles. The molecular weight excluding hydrogens is 466 g/mol. The van der Waals surface area contributed by atoms with E-state index in [-0.39, 0.29) is 10.6 Å². The lowest BCUT2D eigenvalue weighted by molar-refractivity contribution is 0.386. The fourth-order valence-electron chi connectivity index (χ4n) is 3.69. The molecule has 0 saturated carbocycles. The second-order valence-corrected chi connectivity index (χ2v) is 9.54. The molecule has 0 saturated heterocycles. The van der Waals surface area contributed by atoms with E-state index in [2.05, 4.69) is 9.82 Å². The first kappa shape index (κ1) is 24.2. The molecule has 0 amide bonds. The van der Waals surface area contributed by atoms with Gasteiger partial charge in [-0.3, -0.25) is 9.40 Å². The number of nitrogens with one attached hydrogen (secondary N) is 1. The van der Waals surface area contributed by atoms with E-state index in [1.807, 2.05) is 61.5 Å². The zero-order valence-electron chi connectivity index (χ0n) is 20.0. The van der Waals surface area contributed by atoms with E-state index in [1.54, 1.807) is 17.7 Å². The van der Waals surface area contributed by atoms with E-state index in [0.29, 0.717) is 35.1 Å². The van der Waals surface area contributed by atoms with Gasteiger partial charge in [-0.25, -0.2) is 8.42 Å². The van der Waals surface area contributed by atoms with Gasteiger partial charge in [0.05, 0.1) is 37.8 Å². The largest absolute Gasteiger partial charge is 0.497 e. The van der Waals surface area contributed by atoms with Gasteiger partial charge in [0.25, 0.3) is 10.0 Å². The molecule has 0 aliphatic rings. The summed E-state index contributed by atoms with van der Waals surface area (Å²) in [6, 6.07) is 21.8. The maximum absolute atomic E-state index is 13.2. The summed E-state index contributed by atoms with van der Waals surface area (Å²) < 4.78 is 47.2. The highest BCUT2D eigenvalue weighted by molar-refractivity contribution is 7.92. The summed E-state index contributed by atoms with van der Waals surface area (Å²) in [6.45, 7) is 4.04. The Morgan fingerprint density at radius 3 is 2.31 bits per heavy atom. The van der Waals surface area contributed by atoms with Crippen LogP contribution in [-0.2, 0) is 16.6 Å². The average Bonchev–Trinajstić information content (AvgIpc) is 3.11. The second kappa shape index (κ2) is 10.1. The van der Waals surface area contributed by atoms with Gasteiger partial charge < -0.3 is 14.2 Å². The van der Waals surface area contributed by atoms with Gasteiger partial charge in [-0.15, -0.1) is 0 Å². The molecule has 1 aromatic heterocycles. The van der Waals surface area contributed by atoms with Crippen molar-refractivity contribution in [3.63, 3.8) is 0 Å². The minimum atomic E-state index is -3.93. The maximum Gasteiger partial charge on any atom is 0.265 e. The molecule has 0 aliphatic carbocycles. The lowest BCUT2D eigenvalue weighted by atomic mass is 10.2. The molecule has 182 valence electrons. The number of rotatable bonds is 9. The first-order valence-corrected chi connectivity index (χ1v) is 12.4. The van der Waals surface area contributed by atoms with Crippen LogP contribution in [0.25, 0.3) is 0 Å². The number of anilines is 1. The normalized spacial score (nSPS) is 11.2. The van der Waals surface area contributed by atoms with E-state index in [4.69, 9.17) is 14.2 Å². The minimum Gasteiger partial charge on any atom is -0.497 e. The molecule has 0 radical (unpaired) electrons. The number of methoxy groups -OCH3 is 2. The van der Waals surface area contributed by atoms with E-state index in [9.17, 15) is 8.42 Å². The first-order chi connectivity index (χ1) is 16.8. The van der Waals surface area contributed by atoms with Crippen LogP contribution in [0.4, 0.5) is 5.69 Å². The molecule has 1 N–H and O–H groups in total. The van der Waals surface area contributed by atoms with Gasteiger partial charge in [0.2, 0.25) is 0 Å². The summed E-state index contributed by atoms with van der Waals surface area (Å²) in [5, 5.41) is 4.56. The van der Waals surface area contributed by atoms with Crippen LogP contribution in [0.3, 0.4) is 0 Å². The van der Waals surface area contributed by atoms with Crippen molar-refractivity contribution >= 4 is 15.7 Å². The molecular formula is C26H27N3O5S. The number of sulfonamides is 1. The van der Waals surface area contributed by atoms with Crippen LogP contribution in [-0.4, -0.2) is 32.4 Å². The third-order valence-electron chi connectivity index (χ3n) is 5.49. The van der Waals surface area contributed by atoms with Crippen molar-refractivity contribution in [3.05, 3.63) is 89.7 Å². The Hall–Kier alpha value is -3.98. The molecule has 3 aromatic carbocycles. The number of nitrogens with zero attached hydrogens (tertiary/aromatic N) is 2. The van der Waals surface area contributed by atoms with E-state index < -0.39 is 10.0 Å². The lowest BCUT2D eigenvalue weighted by Gasteiger charge is -2.13. The molecule has 0 spiro atoms. The fraction of sp³-hybridized carbons (Fsp3) is 0.192. The van der Waals surface area contributed by atoms with Gasteiger partial charge in [-0.1, -0.05) is 30.3 Å². The number of ether oxygens (including phenoxy) is 3. The molecule has 0 fully saturated rings. The van der Waals surface area contributed by atoms with Crippen LogP contribution in [0.2, 0.25) is 0 Å². The van der Waals surface area contributed by atoms with Gasteiger partial charge in [0, 0.05) is 6.07 Å². The third kappa shape index (κ3) is 5.41. The van der Waals surface area contributed by atoms with E-state index in [1.165, 1.54) is 26.4 Å². The van der Waals surface area contributed by atoms with Crippen LogP contribution in [0.1, 0.15) is 17.0 Å². The molecule has 35 heavy (non-hydrogen) atoms. The number of benzene rings is 3. The monoisotopic (exact) mass is 493 g/mol. The Kier molecular flexibility index (Phi) is 6.97. The molecule has 0 unspecified atom stereocenters. The Morgan fingerprint density at radius 2 is 1.60 bits per heavy atom. The molecule has 4 aromatic rings. The van der Waals surface area contributed by atoms with Crippen molar-refractivity contribution in [2.24, 2.45) is 0 Å². The van der Waals surface area contributed by atoms with Crippen molar-refractivity contribution in [3.8, 4) is 23.0 Å². The van der Waals surface area contributed by atoms with Crippen LogP contribution < -0.4 is 18.9 Å². The van der Waals surface area contributed by atoms with Crippen molar-refractivity contribution in [2.45, 2.75) is 25.3 Å². The highest BCUT2D eigenvalue weighted by Gasteiger charge is 2.24. The Morgan fingerprint density at radius 1 is 0.857 bits per heavy atom. The summed E-state index contributed by atoms with van der Waals surface area (Å²) in [6.07, 6.45) is 0. The van der Waals surface area contributed by atoms with E-state index in [0.717, 1.165) is 11.3 Å². The van der Waals surface area contributed by atoms with Crippen molar-refractivity contribution < 1.29 is 22.6 Å². The predicted molar refractivity (Wildman–Crippen MR) is 134 cm³/mol. The SMILES string of the molecule is COc1ccc(S(=O)(=O)Nc2c(C)nn(Cc3cccc(Oc4ccccc4)c3)c2C)c(OC)c1. The average molecular weight is 494 g/mol. The minimum absolute atomic E-state index is 0.0121. The lowest BCUT2D eigenvalue weighted by Crippen LogP contribution is -2.15. The van der Waals surface area contributed by atoms with Crippen LogP contribution >= 0.6 is 0 Å². The van der Waals surface area contributed by atoms with Crippen LogP contribution in [0.5, 0.6) is 23.0 Å². The zero-order chi connectivity index (χ0) is 25.0. The molecule has 1 heterocycles. The second-order valence-electron chi connectivity index (χ2n) is 7.89. The van der Waals surface area contributed by atoms with Crippen molar-refractivity contribution in [1.29, 1.82) is 0 Å². The van der Waals surface area contributed by atoms with Gasteiger partial charge in [-0.05, 0) is 55.8 Å². The fourth-order valence-corrected chi connectivity index (χ4v) is 5.02. The maximum atomic E-state index is 13.2. The van der Waals surface area contributed by atoms with Gasteiger partial charge in [0.15, 0.2) is 0 Å². The van der Waals surface area contributed by atoms with Gasteiger partial charge >= 0.3 is 0 Å². The van der Waals surface area contributed by atoms with Crippen molar-refractivity contribution in [2.75, 3.05) is 18.9 Å². The standard InChI is InChI=1S/C26H27N3O5S/c1-18-26(28-35(30,31)25-14-13-22(32-3)16-24(25)33-4)19(2)29(27-18)17-20-9-8-12-23(15-20)34-21-10-6-5-7-11-21/h5-16,28H,17H2,1-4H3. The summed E-state index contributed by atoms with van der Waals surface area (Å²) >= 11 is 0. The van der Waals surface area contributed by atoms with E-state index >= 15 is 0 Å². The molecule has 9 heteroatoms. The Bertz CT molecular complexity index is 1430. The molecule has 4 rings (SSSR count). The molecule has 0 atom stereocenters. The number of aromatic nitrogens is 2. The smallest absolute Gasteiger partial charge is 0.265 e. The first-order valence-electron chi connectivity index (χ1n) is 10.9. The summed E-state index contributed by atoms with van der Waals surface area (Å²) in [5.74, 6) is 2.15. The predicted octanol–water partition coefficient (Wildman–Crippen LogP) is 5.16. The Balaban J connectivity index is 1.57.